The maximum absolute atomic E-state index is 12.4. The standard InChI is InChI=1S/C17H19ClN2O3S.C16H18ClN3O3S.ClH/c1-4-10(2)11(3)16(22)23-13-8-6-5-7-12(13)15(21)20-17-19-9-14(18)24-17;1-3-9(2)13(18)15(22)23-11-7-5-4-6-10(11)14(21)20-16-19-8-12(17)24-16;/h5-11H,4H2,1-3H3,(H,19,20,21);4-9,13H,3,18H2,1-2H3,(H,19,20,21);1H/t10?,11-;9?,13-;/m00./s1. The molecule has 2 aromatic heterocycles. The number of thiazole rings is 2. The molecule has 4 N–H and O–H groups in total. The van der Waals surface area contributed by atoms with Gasteiger partial charge in [0.05, 0.1) is 29.4 Å². The molecule has 49 heavy (non-hydrogen) atoms. The van der Waals surface area contributed by atoms with Crippen molar-refractivity contribution >= 4 is 92.3 Å². The van der Waals surface area contributed by atoms with Crippen molar-refractivity contribution in [3.05, 3.63) is 80.7 Å². The Morgan fingerprint density at radius 2 is 1.14 bits per heavy atom. The van der Waals surface area contributed by atoms with E-state index < -0.39 is 23.8 Å². The highest BCUT2D eigenvalue weighted by molar-refractivity contribution is 7.19. The van der Waals surface area contributed by atoms with Crippen LogP contribution in [0.3, 0.4) is 0 Å². The third-order valence-electron chi connectivity index (χ3n) is 7.48. The molecule has 0 aliphatic heterocycles. The second-order valence-corrected chi connectivity index (χ2v) is 14.1. The van der Waals surface area contributed by atoms with E-state index in [1.54, 1.807) is 48.5 Å². The van der Waals surface area contributed by atoms with Crippen molar-refractivity contribution in [1.29, 1.82) is 0 Å². The highest BCUT2D eigenvalue weighted by Crippen LogP contribution is 2.27. The first-order valence-corrected chi connectivity index (χ1v) is 17.5. The van der Waals surface area contributed by atoms with Crippen LogP contribution in [0.4, 0.5) is 10.3 Å². The van der Waals surface area contributed by atoms with Crippen LogP contribution in [0.5, 0.6) is 11.5 Å². The molecule has 0 aliphatic carbocycles. The molecular weight excluding hydrogens is 733 g/mol. The van der Waals surface area contributed by atoms with Crippen molar-refractivity contribution in [3.63, 3.8) is 0 Å². The summed E-state index contributed by atoms with van der Waals surface area (Å²) in [6.07, 6.45) is 4.53. The van der Waals surface area contributed by atoms with Crippen LogP contribution in [0.1, 0.15) is 68.2 Å². The van der Waals surface area contributed by atoms with Gasteiger partial charge in [-0.15, -0.1) is 12.4 Å². The summed E-state index contributed by atoms with van der Waals surface area (Å²) in [5.41, 5.74) is 6.36. The minimum atomic E-state index is -0.746. The van der Waals surface area contributed by atoms with Gasteiger partial charge in [0.2, 0.25) is 0 Å². The van der Waals surface area contributed by atoms with E-state index in [4.69, 9.17) is 38.4 Å². The monoisotopic (exact) mass is 769 g/mol. The summed E-state index contributed by atoms with van der Waals surface area (Å²) in [6.45, 7) is 9.66. The number of anilines is 2. The van der Waals surface area contributed by atoms with Crippen LogP contribution in [-0.2, 0) is 9.59 Å². The number of carbonyl (C=O) groups excluding carboxylic acids is 4. The lowest BCUT2D eigenvalue weighted by molar-refractivity contribution is -0.140. The lowest BCUT2D eigenvalue weighted by Gasteiger charge is -2.17. The van der Waals surface area contributed by atoms with Crippen LogP contribution in [0.25, 0.3) is 0 Å². The number of ether oxygens (including phenoxy) is 2. The number of nitrogens with zero attached hydrogens (tertiary/aromatic N) is 2. The summed E-state index contributed by atoms with van der Waals surface area (Å²) in [6, 6.07) is 12.3. The van der Waals surface area contributed by atoms with Crippen LogP contribution >= 0.6 is 58.3 Å². The van der Waals surface area contributed by atoms with E-state index in [9.17, 15) is 19.2 Å². The predicted octanol–water partition coefficient (Wildman–Crippen LogP) is 8.39. The zero-order valence-electron chi connectivity index (χ0n) is 27.4. The molecule has 4 rings (SSSR count). The Hall–Kier alpha value is -3.59. The third-order valence-corrected chi connectivity index (χ3v) is 9.54. The van der Waals surface area contributed by atoms with Crippen LogP contribution < -0.4 is 25.8 Å². The number of para-hydroxylation sites is 2. The summed E-state index contributed by atoms with van der Waals surface area (Å²) in [4.78, 5) is 57.1. The van der Waals surface area contributed by atoms with E-state index in [-0.39, 0.29) is 58.8 Å². The first-order valence-electron chi connectivity index (χ1n) is 15.1. The van der Waals surface area contributed by atoms with Crippen molar-refractivity contribution in [2.45, 2.75) is 53.5 Å². The SMILES string of the molecule is CCC(C)[C@H](C)C(=O)Oc1ccccc1C(=O)Nc1ncc(Cl)s1.CCC(C)[C@H](N)C(=O)Oc1ccccc1C(=O)Nc1ncc(Cl)s1.Cl. The van der Waals surface area contributed by atoms with E-state index in [1.807, 2.05) is 34.6 Å². The molecule has 2 heterocycles. The summed E-state index contributed by atoms with van der Waals surface area (Å²) in [7, 11) is 0. The highest BCUT2D eigenvalue weighted by Gasteiger charge is 2.25. The smallest absolute Gasteiger partial charge is 0.328 e. The number of benzene rings is 2. The van der Waals surface area contributed by atoms with E-state index in [1.165, 1.54) is 12.4 Å². The Labute approximate surface area is 309 Å². The Balaban J connectivity index is 0.000000333. The van der Waals surface area contributed by atoms with Gasteiger partial charge in [0, 0.05) is 0 Å². The first kappa shape index (κ1) is 41.6. The summed E-state index contributed by atoms with van der Waals surface area (Å²) in [5, 5.41) is 6.02. The number of amides is 2. The molecule has 0 aliphatic rings. The van der Waals surface area contributed by atoms with Crippen molar-refractivity contribution in [2.75, 3.05) is 10.6 Å². The maximum atomic E-state index is 12.4. The van der Waals surface area contributed by atoms with Gasteiger partial charge in [0.15, 0.2) is 10.3 Å². The number of hydrogen-bond donors (Lipinski definition) is 3. The summed E-state index contributed by atoms with van der Waals surface area (Å²) in [5.74, 6) is -1.43. The van der Waals surface area contributed by atoms with Gasteiger partial charge in [0.1, 0.15) is 26.2 Å². The van der Waals surface area contributed by atoms with Crippen LogP contribution in [0.15, 0.2) is 60.9 Å². The lowest BCUT2D eigenvalue weighted by atomic mass is 9.94. The van der Waals surface area contributed by atoms with E-state index >= 15 is 0 Å². The fourth-order valence-corrected chi connectivity index (χ4v) is 5.50. The number of nitrogens with two attached hydrogens (primary N) is 1. The molecule has 0 spiro atoms. The third kappa shape index (κ3) is 12.4. The van der Waals surface area contributed by atoms with Gasteiger partial charge in [-0.3, -0.25) is 25.0 Å². The number of nitrogens with one attached hydrogen (secondary N) is 2. The number of carbonyl (C=O) groups is 4. The largest absolute Gasteiger partial charge is 0.425 e. The molecule has 0 saturated carbocycles. The number of rotatable bonds is 12. The zero-order valence-corrected chi connectivity index (χ0v) is 31.4. The second-order valence-electron chi connectivity index (χ2n) is 10.8. The van der Waals surface area contributed by atoms with Crippen molar-refractivity contribution in [1.82, 2.24) is 9.97 Å². The number of halogens is 3. The average molecular weight is 771 g/mol. The maximum Gasteiger partial charge on any atom is 0.328 e. The fraction of sp³-hybridized carbons (Fsp3) is 0.333. The van der Waals surface area contributed by atoms with Gasteiger partial charge in [-0.25, -0.2) is 14.8 Å². The van der Waals surface area contributed by atoms with Crippen LogP contribution in [-0.4, -0.2) is 39.8 Å². The summed E-state index contributed by atoms with van der Waals surface area (Å²) < 4.78 is 11.7. The van der Waals surface area contributed by atoms with Crippen molar-refractivity contribution in [3.8, 4) is 11.5 Å². The molecule has 2 amide bonds. The van der Waals surface area contributed by atoms with E-state index in [0.29, 0.717) is 18.9 Å². The molecule has 264 valence electrons. The van der Waals surface area contributed by atoms with Gasteiger partial charge >= 0.3 is 11.9 Å². The van der Waals surface area contributed by atoms with Gasteiger partial charge in [-0.05, 0) is 36.1 Å². The number of hydrogen-bond acceptors (Lipinski definition) is 11. The average Bonchev–Trinajstić information content (AvgIpc) is 3.69. The first-order chi connectivity index (χ1) is 22.8. The van der Waals surface area contributed by atoms with Gasteiger partial charge < -0.3 is 15.2 Å². The Morgan fingerprint density at radius 1 is 0.735 bits per heavy atom. The Morgan fingerprint density at radius 3 is 1.53 bits per heavy atom. The predicted molar refractivity (Wildman–Crippen MR) is 198 cm³/mol. The highest BCUT2D eigenvalue weighted by atomic mass is 35.5. The number of esters is 2. The molecule has 11 nitrogen and oxygen atoms in total. The minimum absolute atomic E-state index is 0. The van der Waals surface area contributed by atoms with Gasteiger partial charge in [-0.1, -0.05) is 118 Å². The fourth-order valence-electron chi connectivity index (χ4n) is 3.89. The molecule has 0 bridgehead atoms. The van der Waals surface area contributed by atoms with Gasteiger partial charge in [-0.2, -0.15) is 0 Å². The Kier molecular flexibility index (Phi) is 17.1. The molecule has 4 atom stereocenters. The van der Waals surface area contributed by atoms with E-state index in [0.717, 1.165) is 35.5 Å². The minimum Gasteiger partial charge on any atom is -0.425 e. The van der Waals surface area contributed by atoms with Gasteiger partial charge in [0.25, 0.3) is 11.8 Å². The molecule has 2 aromatic carbocycles. The molecule has 0 radical (unpaired) electrons. The van der Waals surface area contributed by atoms with Crippen LogP contribution in [0, 0.1) is 17.8 Å². The molecule has 2 unspecified atom stereocenters. The Bertz CT molecular complexity index is 1600. The second kappa shape index (κ2) is 20.2. The molecule has 4 aromatic rings. The quantitative estimate of drug-likeness (QED) is 0.0949. The molecule has 0 fully saturated rings. The molecule has 0 saturated heterocycles. The lowest BCUT2D eigenvalue weighted by Crippen LogP contribution is -2.39. The number of aromatic nitrogens is 2. The normalized spacial score (nSPS) is 12.9. The van der Waals surface area contributed by atoms with Crippen molar-refractivity contribution < 1.29 is 28.7 Å². The van der Waals surface area contributed by atoms with E-state index in [2.05, 4.69) is 20.6 Å². The van der Waals surface area contributed by atoms with Crippen molar-refractivity contribution in [2.24, 2.45) is 23.5 Å². The molecule has 16 heteroatoms. The zero-order chi connectivity index (χ0) is 35.4. The molecular formula is C33H38Cl3N5O6S2. The summed E-state index contributed by atoms with van der Waals surface area (Å²) >= 11 is 13.9. The van der Waals surface area contributed by atoms with Crippen LogP contribution in [0.2, 0.25) is 8.67 Å². The topological polar surface area (TPSA) is 163 Å².